The molecule has 0 aliphatic heterocycles. The van der Waals surface area contributed by atoms with Crippen molar-refractivity contribution in [2.75, 3.05) is 40.8 Å². The molecule has 0 spiro atoms. The smallest absolute Gasteiger partial charge is 0.0330 e. The van der Waals surface area contributed by atoms with E-state index in [2.05, 4.69) is 50.1 Å². The molecule has 1 fully saturated rings. The van der Waals surface area contributed by atoms with Crippen molar-refractivity contribution in [3.05, 3.63) is 0 Å². The van der Waals surface area contributed by atoms with Crippen LogP contribution in [0, 0.1) is 0 Å². The topological polar surface area (TPSA) is 18.5 Å². The quantitative estimate of drug-likeness (QED) is 0.588. The van der Waals surface area contributed by atoms with Gasteiger partial charge in [-0.2, -0.15) is 0 Å². The van der Waals surface area contributed by atoms with Crippen LogP contribution in [0.1, 0.15) is 58.8 Å². The minimum atomic E-state index is 0.477. The van der Waals surface area contributed by atoms with Gasteiger partial charge in [0.1, 0.15) is 0 Å². The van der Waals surface area contributed by atoms with Crippen molar-refractivity contribution in [3.8, 4) is 0 Å². The summed E-state index contributed by atoms with van der Waals surface area (Å²) in [6.45, 7) is 8.19. The first-order valence-electron chi connectivity index (χ1n) is 8.59. The molecule has 1 unspecified atom stereocenters. The Kier molecular flexibility index (Phi) is 8.08. The van der Waals surface area contributed by atoms with Crippen LogP contribution in [0.5, 0.6) is 0 Å². The Morgan fingerprint density at radius 2 is 1.85 bits per heavy atom. The molecule has 1 atom stereocenters. The molecule has 1 aliphatic carbocycles. The molecular formula is C17H37N3. The molecule has 1 N–H and O–H groups in total. The van der Waals surface area contributed by atoms with Crippen LogP contribution < -0.4 is 5.32 Å². The van der Waals surface area contributed by atoms with Crippen LogP contribution in [0.2, 0.25) is 0 Å². The zero-order chi connectivity index (χ0) is 15.0. The van der Waals surface area contributed by atoms with Gasteiger partial charge >= 0.3 is 0 Å². The van der Waals surface area contributed by atoms with Gasteiger partial charge in [-0.15, -0.1) is 0 Å². The lowest BCUT2D eigenvalue weighted by molar-refractivity contribution is 0.0275. The number of nitrogens with zero attached hydrogens (tertiary/aromatic N) is 2. The normalized spacial score (nSPS) is 19.4. The minimum Gasteiger partial charge on any atom is -0.314 e. The Hall–Kier alpha value is -0.120. The molecule has 0 aromatic carbocycles. The number of hydrogen-bond donors (Lipinski definition) is 1. The number of likely N-dealkylation sites (N-methyl/N-ethyl adjacent to an activating group) is 2. The van der Waals surface area contributed by atoms with Gasteiger partial charge in [-0.1, -0.05) is 13.3 Å². The molecule has 0 heterocycles. The first-order chi connectivity index (χ1) is 9.50. The molecule has 1 rings (SSSR count). The van der Waals surface area contributed by atoms with Gasteiger partial charge in [-0.25, -0.2) is 0 Å². The van der Waals surface area contributed by atoms with Crippen molar-refractivity contribution < 1.29 is 0 Å². The highest BCUT2D eigenvalue weighted by Gasteiger charge is 2.39. The first kappa shape index (κ1) is 17.9. The van der Waals surface area contributed by atoms with Crippen molar-refractivity contribution in [1.29, 1.82) is 0 Å². The molecule has 0 radical (unpaired) electrons. The molecule has 20 heavy (non-hydrogen) atoms. The average Bonchev–Trinajstić information content (AvgIpc) is 2.36. The van der Waals surface area contributed by atoms with Crippen molar-refractivity contribution >= 4 is 0 Å². The fraction of sp³-hybridized carbons (Fsp3) is 1.00. The fourth-order valence-corrected chi connectivity index (χ4v) is 3.24. The Labute approximate surface area is 127 Å². The monoisotopic (exact) mass is 283 g/mol. The lowest BCUT2D eigenvalue weighted by Crippen LogP contribution is -2.56. The first-order valence-corrected chi connectivity index (χ1v) is 8.59. The standard InChI is InChI=1S/C17H37N3/c1-6-13-18-16(2)10-7-8-14-20(5)15-17(19(3)4)11-9-12-17/h16,18H,6-15H2,1-5H3. The molecule has 120 valence electrons. The Morgan fingerprint density at radius 3 is 2.35 bits per heavy atom. The van der Waals surface area contributed by atoms with Gasteiger partial charge in [-0.05, 0) is 79.7 Å². The van der Waals surface area contributed by atoms with Gasteiger partial charge in [0.25, 0.3) is 0 Å². The summed E-state index contributed by atoms with van der Waals surface area (Å²) < 4.78 is 0. The summed E-state index contributed by atoms with van der Waals surface area (Å²) in [7, 11) is 6.78. The number of unbranched alkanes of at least 4 members (excludes halogenated alkanes) is 1. The van der Waals surface area contributed by atoms with Gasteiger partial charge < -0.3 is 15.1 Å². The second kappa shape index (κ2) is 9.01. The van der Waals surface area contributed by atoms with E-state index in [0.29, 0.717) is 11.6 Å². The minimum absolute atomic E-state index is 0.477. The fourth-order valence-electron chi connectivity index (χ4n) is 3.24. The largest absolute Gasteiger partial charge is 0.314 e. The third-order valence-corrected chi connectivity index (χ3v) is 4.97. The maximum Gasteiger partial charge on any atom is 0.0330 e. The Balaban J connectivity index is 2.09. The number of nitrogens with one attached hydrogen (secondary N) is 1. The highest BCUT2D eigenvalue weighted by atomic mass is 15.2. The van der Waals surface area contributed by atoms with Crippen molar-refractivity contribution in [2.24, 2.45) is 0 Å². The molecule has 3 nitrogen and oxygen atoms in total. The van der Waals surface area contributed by atoms with E-state index in [0.717, 1.165) is 6.54 Å². The zero-order valence-electron chi connectivity index (χ0n) is 14.5. The van der Waals surface area contributed by atoms with Gasteiger partial charge in [0, 0.05) is 18.1 Å². The summed E-state index contributed by atoms with van der Waals surface area (Å²) in [5.41, 5.74) is 0.477. The predicted octanol–water partition coefficient (Wildman–Crippen LogP) is 2.96. The zero-order valence-corrected chi connectivity index (χ0v) is 14.5. The SMILES string of the molecule is CCCNC(C)CCCCN(C)CC1(N(C)C)CCC1. The van der Waals surface area contributed by atoms with Gasteiger partial charge in [-0.3, -0.25) is 0 Å². The van der Waals surface area contributed by atoms with E-state index in [4.69, 9.17) is 0 Å². The molecule has 1 aliphatic rings. The van der Waals surface area contributed by atoms with E-state index in [1.807, 2.05) is 0 Å². The molecule has 0 amide bonds. The summed E-state index contributed by atoms with van der Waals surface area (Å²) in [4.78, 5) is 4.99. The Bertz CT molecular complexity index is 249. The molecule has 1 saturated carbocycles. The second-order valence-electron chi connectivity index (χ2n) is 7.06. The van der Waals surface area contributed by atoms with Crippen molar-refractivity contribution in [1.82, 2.24) is 15.1 Å². The summed E-state index contributed by atoms with van der Waals surface area (Å²) in [5.74, 6) is 0. The summed E-state index contributed by atoms with van der Waals surface area (Å²) >= 11 is 0. The lowest BCUT2D eigenvalue weighted by atomic mass is 9.75. The van der Waals surface area contributed by atoms with E-state index in [-0.39, 0.29) is 0 Å². The molecule has 0 saturated heterocycles. The van der Waals surface area contributed by atoms with Crippen molar-refractivity contribution in [2.45, 2.75) is 70.4 Å². The van der Waals surface area contributed by atoms with E-state index >= 15 is 0 Å². The maximum absolute atomic E-state index is 3.57. The van der Waals surface area contributed by atoms with Crippen LogP contribution in [0.4, 0.5) is 0 Å². The number of rotatable bonds is 11. The molecule has 3 heteroatoms. The van der Waals surface area contributed by atoms with E-state index in [9.17, 15) is 0 Å². The Morgan fingerprint density at radius 1 is 1.15 bits per heavy atom. The van der Waals surface area contributed by atoms with Crippen LogP contribution in [-0.4, -0.2) is 62.2 Å². The van der Waals surface area contributed by atoms with Crippen LogP contribution in [0.15, 0.2) is 0 Å². The summed E-state index contributed by atoms with van der Waals surface area (Å²) in [5, 5.41) is 3.57. The van der Waals surface area contributed by atoms with Crippen LogP contribution >= 0.6 is 0 Å². The highest BCUT2D eigenvalue weighted by Crippen LogP contribution is 2.36. The third kappa shape index (κ3) is 5.71. The predicted molar refractivity (Wildman–Crippen MR) is 89.4 cm³/mol. The molecule has 0 bridgehead atoms. The van der Waals surface area contributed by atoms with Crippen LogP contribution in [-0.2, 0) is 0 Å². The lowest BCUT2D eigenvalue weighted by Gasteiger charge is -2.49. The molecular weight excluding hydrogens is 246 g/mol. The number of hydrogen-bond acceptors (Lipinski definition) is 3. The average molecular weight is 284 g/mol. The van der Waals surface area contributed by atoms with E-state index in [1.54, 1.807) is 0 Å². The third-order valence-electron chi connectivity index (χ3n) is 4.97. The van der Waals surface area contributed by atoms with Crippen molar-refractivity contribution in [3.63, 3.8) is 0 Å². The maximum atomic E-state index is 3.57. The van der Waals surface area contributed by atoms with E-state index < -0.39 is 0 Å². The van der Waals surface area contributed by atoms with Crippen LogP contribution in [0.25, 0.3) is 0 Å². The van der Waals surface area contributed by atoms with Gasteiger partial charge in [0.2, 0.25) is 0 Å². The highest BCUT2D eigenvalue weighted by molar-refractivity contribution is 4.97. The molecule has 0 aromatic heterocycles. The molecule has 0 aromatic rings. The van der Waals surface area contributed by atoms with Gasteiger partial charge in [0.05, 0.1) is 0 Å². The van der Waals surface area contributed by atoms with Gasteiger partial charge in [0.15, 0.2) is 0 Å². The van der Waals surface area contributed by atoms with Crippen LogP contribution in [0.3, 0.4) is 0 Å². The summed E-state index contributed by atoms with van der Waals surface area (Å²) in [6.07, 6.45) is 9.39. The second-order valence-corrected chi connectivity index (χ2v) is 7.06. The summed E-state index contributed by atoms with van der Waals surface area (Å²) in [6, 6.07) is 0.681. The van der Waals surface area contributed by atoms with E-state index in [1.165, 1.54) is 58.0 Å².